The molecule has 0 aliphatic carbocycles. The number of rotatable bonds is 2. The van der Waals surface area contributed by atoms with Crippen LogP contribution >= 0.6 is 0 Å². The molecule has 1 aromatic carbocycles. The van der Waals surface area contributed by atoms with Crippen LogP contribution in [0.3, 0.4) is 0 Å². The molecule has 0 fully saturated rings. The number of hydrogen-bond acceptors (Lipinski definition) is 5. The second-order valence-electron chi connectivity index (χ2n) is 4.11. The third-order valence-corrected chi connectivity index (χ3v) is 2.82. The van der Waals surface area contributed by atoms with Crippen LogP contribution in [0.25, 0.3) is 17.0 Å². The predicted molar refractivity (Wildman–Crippen MR) is 77.8 cm³/mol. The van der Waals surface area contributed by atoms with Crippen molar-refractivity contribution in [3.63, 3.8) is 0 Å². The Bertz CT molecular complexity index is 869. The van der Waals surface area contributed by atoms with E-state index in [0.717, 1.165) is 10.9 Å². The Labute approximate surface area is 121 Å². The lowest BCUT2D eigenvalue weighted by Crippen LogP contribution is -2.03. The van der Waals surface area contributed by atoms with E-state index in [1.54, 1.807) is 18.2 Å². The Morgan fingerprint density at radius 1 is 1.00 bits per heavy atom. The molecule has 2 N–H and O–H groups in total. The molecule has 1 heterocycles. The minimum absolute atomic E-state index is 0.0379. The lowest BCUT2D eigenvalue weighted by Gasteiger charge is -2.01. The maximum Gasteiger partial charge on any atom is 0.153 e. The molecule has 5 heteroatoms. The normalized spacial score (nSPS) is 10.2. The SMILES string of the molecule is N#CC(C#N)=C(N)/C(C#N)=C\c1ccc2ccccc2n1. The van der Waals surface area contributed by atoms with Crippen molar-refractivity contribution in [2.75, 3.05) is 0 Å². The zero-order valence-corrected chi connectivity index (χ0v) is 10.9. The molecular formula is C16H9N5. The molecule has 21 heavy (non-hydrogen) atoms. The van der Waals surface area contributed by atoms with Gasteiger partial charge in [-0.1, -0.05) is 24.3 Å². The molecule has 0 spiro atoms. The van der Waals surface area contributed by atoms with Gasteiger partial charge in [0.1, 0.15) is 18.2 Å². The third kappa shape index (κ3) is 2.87. The fraction of sp³-hybridized carbons (Fsp3) is 0. The average Bonchev–Trinajstić information content (AvgIpc) is 2.53. The summed E-state index contributed by atoms with van der Waals surface area (Å²) in [6.45, 7) is 0. The number of benzene rings is 1. The smallest absolute Gasteiger partial charge is 0.153 e. The number of nitriles is 3. The second-order valence-corrected chi connectivity index (χ2v) is 4.11. The average molecular weight is 271 g/mol. The first-order valence-corrected chi connectivity index (χ1v) is 5.97. The number of nitrogens with zero attached hydrogens (tertiary/aromatic N) is 4. The predicted octanol–water partition coefficient (Wildman–Crippen LogP) is 2.40. The Hall–Kier alpha value is -3.62. The highest BCUT2D eigenvalue weighted by Crippen LogP contribution is 2.16. The van der Waals surface area contributed by atoms with Crippen LogP contribution in [-0.4, -0.2) is 4.98 Å². The van der Waals surface area contributed by atoms with Gasteiger partial charge in [-0.3, -0.25) is 0 Å². The van der Waals surface area contributed by atoms with Gasteiger partial charge in [-0.25, -0.2) is 4.98 Å². The molecule has 0 amide bonds. The van der Waals surface area contributed by atoms with Gasteiger partial charge in [0, 0.05) is 5.39 Å². The minimum Gasteiger partial charge on any atom is -0.396 e. The van der Waals surface area contributed by atoms with Crippen molar-refractivity contribution in [3.8, 4) is 18.2 Å². The molecule has 0 atom stereocenters. The maximum atomic E-state index is 9.13. The van der Waals surface area contributed by atoms with Gasteiger partial charge in [-0.15, -0.1) is 0 Å². The summed E-state index contributed by atoms with van der Waals surface area (Å²) in [6, 6.07) is 16.4. The number of pyridine rings is 1. The zero-order valence-electron chi connectivity index (χ0n) is 10.9. The quantitative estimate of drug-likeness (QED) is 0.666. The van der Waals surface area contributed by atoms with E-state index in [1.807, 2.05) is 36.4 Å². The molecule has 2 aromatic rings. The lowest BCUT2D eigenvalue weighted by atomic mass is 10.1. The number of allylic oxidation sites excluding steroid dienone is 2. The van der Waals surface area contributed by atoms with Crippen LogP contribution in [0.2, 0.25) is 0 Å². The summed E-state index contributed by atoms with van der Waals surface area (Å²) in [5.41, 5.74) is 6.59. The highest BCUT2D eigenvalue weighted by atomic mass is 14.7. The van der Waals surface area contributed by atoms with Crippen molar-refractivity contribution in [1.82, 2.24) is 4.98 Å². The standard InChI is InChI=1S/C16H9N5/c17-8-12(16(20)13(9-18)10-19)7-14-6-5-11-3-1-2-4-15(11)21-14/h1-7H,20H2/b12-7-. The van der Waals surface area contributed by atoms with Crippen molar-refractivity contribution in [3.05, 3.63) is 58.9 Å². The van der Waals surface area contributed by atoms with Crippen LogP contribution in [0.15, 0.2) is 53.2 Å². The maximum absolute atomic E-state index is 9.13. The number of nitrogens with two attached hydrogens (primary N) is 1. The number of para-hydroxylation sites is 1. The highest BCUT2D eigenvalue weighted by molar-refractivity contribution is 5.80. The first-order valence-electron chi connectivity index (χ1n) is 5.97. The van der Waals surface area contributed by atoms with E-state index in [4.69, 9.17) is 21.5 Å². The molecule has 0 unspecified atom stereocenters. The monoisotopic (exact) mass is 271 g/mol. The van der Waals surface area contributed by atoms with Gasteiger partial charge in [0.15, 0.2) is 5.57 Å². The van der Waals surface area contributed by atoms with Gasteiger partial charge in [0.05, 0.1) is 22.5 Å². The highest BCUT2D eigenvalue weighted by Gasteiger charge is 2.08. The van der Waals surface area contributed by atoms with Gasteiger partial charge in [0.25, 0.3) is 0 Å². The Balaban J connectivity index is 2.54. The van der Waals surface area contributed by atoms with Crippen LogP contribution in [0.4, 0.5) is 0 Å². The molecule has 98 valence electrons. The van der Waals surface area contributed by atoms with Crippen LogP contribution in [0, 0.1) is 34.0 Å². The molecular weight excluding hydrogens is 262 g/mol. The van der Waals surface area contributed by atoms with Crippen LogP contribution in [0.1, 0.15) is 5.69 Å². The van der Waals surface area contributed by atoms with Crippen LogP contribution < -0.4 is 5.73 Å². The summed E-state index contributed by atoms with van der Waals surface area (Å²) in [7, 11) is 0. The van der Waals surface area contributed by atoms with E-state index in [0.29, 0.717) is 5.69 Å². The number of aromatic nitrogens is 1. The Kier molecular flexibility index (Phi) is 3.95. The van der Waals surface area contributed by atoms with Crippen molar-refractivity contribution in [1.29, 1.82) is 15.8 Å². The fourth-order valence-electron chi connectivity index (χ4n) is 1.76. The Morgan fingerprint density at radius 3 is 2.38 bits per heavy atom. The third-order valence-electron chi connectivity index (χ3n) is 2.82. The van der Waals surface area contributed by atoms with Crippen molar-refractivity contribution in [2.24, 2.45) is 5.73 Å². The molecule has 0 aliphatic rings. The van der Waals surface area contributed by atoms with E-state index in [-0.39, 0.29) is 16.8 Å². The van der Waals surface area contributed by atoms with E-state index in [9.17, 15) is 0 Å². The first kappa shape index (κ1) is 13.8. The molecule has 0 bridgehead atoms. The molecule has 0 radical (unpaired) electrons. The van der Waals surface area contributed by atoms with Crippen molar-refractivity contribution in [2.45, 2.75) is 0 Å². The number of hydrogen-bond donors (Lipinski definition) is 1. The van der Waals surface area contributed by atoms with Gasteiger partial charge < -0.3 is 5.73 Å². The summed E-state index contributed by atoms with van der Waals surface area (Å²) >= 11 is 0. The largest absolute Gasteiger partial charge is 0.396 e. The van der Waals surface area contributed by atoms with E-state index >= 15 is 0 Å². The van der Waals surface area contributed by atoms with E-state index in [1.165, 1.54) is 6.08 Å². The fourth-order valence-corrected chi connectivity index (χ4v) is 1.76. The lowest BCUT2D eigenvalue weighted by molar-refractivity contribution is 1.30. The molecule has 0 aliphatic heterocycles. The zero-order chi connectivity index (χ0) is 15.2. The van der Waals surface area contributed by atoms with Crippen molar-refractivity contribution < 1.29 is 0 Å². The first-order chi connectivity index (χ1) is 10.2. The molecule has 0 saturated carbocycles. The van der Waals surface area contributed by atoms with Crippen LogP contribution in [0.5, 0.6) is 0 Å². The molecule has 2 rings (SSSR count). The summed E-state index contributed by atoms with van der Waals surface area (Å²) in [5.74, 6) is 0. The van der Waals surface area contributed by atoms with E-state index in [2.05, 4.69) is 4.98 Å². The summed E-state index contributed by atoms with van der Waals surface area (Å²) in [4.78, 5) is 4.38. The Morgan fingerprint density at radius 2 is 1.71 bits per heavy atom. The van der Waals surface area contributed by atoms with Crippen molar-refractivity contribution >= 4 is 17.0 Å². The molecule has 5 nitrogen and oxygen atoms in total. The molecule has 1 aromatic heterocycles. The van der Waals surface area contributed by atoms with Gasteiger partial charge in [0.2, 0.25) is 0 Å². The minimum atomic E-state index is -0.288. The topological polar surface area (TPSA) is 110 Å². The summed E-state index contributed by atoms with van der Waals surface area (Å²) < 4.78 is 0. The van der Waals surface area contributed by atoms with Gasteiger partial charge in [-0.2, -0.15) is 15.8 Å². The summed E-state index contributed by atoms with van der Waals surface area (Å²) in [5, 5.41) is 27.7. The van der Waals surface area contributed by atoms with Gasteiger partial charge in [-0.05, 0) is 18.2 Å². The van der Waals surface area contributed by atoms with Gasteiger partial charge >= 0.3 is 0 Å². The summed E-state index contributed by atoms with van der Waals surface area (Å²) in [6.07, 6.45) is 1.45. The second kappa shape index (κ2) is 6.02. The van der Waals surface area contributed by atoms with Crippen LogP contribution in [-0.2, 0) is 0 Å². The molecule has 0 saturated heterocycles. The number of fused-ring (bicyclic) bond motifs is 1. The van der Waals surface area contributed by atoms with E-state index < -0.39 is 0 Å².